The van der Waals surface area contributed by atoms with Crippen molar-refractivity contribution in [3.8, 4) is 5.75 Å². The van der Waals surface area contributed by atoms with Crippen LogP contribution in [0.4, 0.5) is 5.69 Å². The van der Waals surface area contributed by atoms with Crippen molar-refractivity contribution < 1.29 is 9.84 Å². The normalized spacial score (nSPS) is 11.9. The Morgan fingerprint density at radius 3 is 2.55 bits per heavy atom. The molecule has 2 aromatic rings. The van der Waals surface area contributed by atoms with Crippen LogP contribution in [-0.2, 0) is 0 Å². The highest BCUT2D eigenvalue weighted by Gasteiger charge is 2.06. The topological polar surface area (TPSA) is 41.5 Å². The van der Waals surface area contributed by atoms with Crippen molar-refractivity contribution in [3.05, 3.63) is 58.0 Å². The second-order valence-electron chi connectivity index (χ2n) is 4.28. The maximum atomic E-state index is 9.88. The van der Waals surface area contributed by atoms with E-state index in [0.717, 1.165) is 15.9 Å². The van der Waals surface area contributed by atoms with Crippen molar-refractivity contribution in [1.29, 1.82) is 0 Å². The second kappa shape index (κ2) is 7.53. The predicted octanol–water partition coefficient (Wildman–Crippen LogP) is 3.95. The van der Waals surface area contributed by atoms with Gasteiger partial charge in [0, 0.05) is 11.0 Å². The van der Waals surface area contributed by atoms with Gasteiger partial charge in [-0.25, -0.2) is 0 Å². The van der Waals surface area contributed by atoms with Crippen molar-refractivity contribution >= 4 is 33.2 Å². The molecule has 3 nitrogen and oxygen atoms in total. The lowest BCUT2D eigenvalue weighted by Crippen LogP contribution is -2.26. The number of benzene rings is 2. The molecule has 2 N–H and O–H groups in total. The lowest BCUT2D eigenvalue weighted by Gasteiger charge is -2.14. The Bertz CT molecular complexity index is 548. The molecule has 20 heavy (non-hydrogen) atoms. The average molecular weight is 357 g/mol. The summed E-state index contributed by atoms with van der Waals surface area (Å²) in [5.41, 5.74) is 0.803. The maximum Gasteiger partial charge on any atom is 0.119 e. The highest BCUT2D eigenvalue weighted by Crippen LogP contribution is 2.20. The molecule has 0 bridgehead atoms. The Kier molecular flexibility index (Phi) is 5.71. The molecule has 0 heterocycles. The van der Waals surface area contributed by atoms with E-state index in [1.54, 1.807) is 6.07 Å². The smallest absolute Gasteiger partial charge is 0.119 e. The first kappa shape index (κ1) is 15.2. The zero-order chi connectivity index (χ0) is 14.4. The van der Waals surface area contributed by atoms with Crippen LogP contribution in [0.5, 0.6) is 5.75 Å². The van der Waals surface area contributed by atoms with Crippen molar-refractivity contribution in [1.82, 2.24) is 0 Å². The molecule has 0 fully saturated rings. The summed E-state index contributed by atoms with van der Waals surface area (Å²) in [4.78, 5) is 0. The first-order valence-electron chi connectivity index (χ1n) is 6.20. The molecule has 0 aliphatic carbocycles. The SMILES string of the molecule is OC(CNc1ccccc1Cl)COc1ccc(Br)cc1. The summed E-state index contributed by atoms with van der Waals surface area (Å²) >= 11 is 9.37. The van der Waals surface area contributed by atoms with E-state index < -0.39 is 6.10 Å². The fourth-order valence-corrected chi connectivity index (χ4v) is 2.08. The summed E-state index contributed by atoms with van der Waals surface area (Å²) in [6.45, 7) is 0.597. The molecule has 2 rings (SSSR count). The van der Waals surface area contributed by atoms with Gasteiger partial charge in [0.15, 0.2) is 0 Å². The van der Waals surface area contributed by atoms with E-state index in [1.807, 2.05) is 42.5 Å². The number of ether oxygens (including phenoxy) is 1. The standard InChI is InChI=1S/C15H15BrClNO2/c16-11-5-7-13(8-6-11)20-10-12(19)9-18-15-4-2-1-3-14(15)17/h1-8,12,18-19H,9-10H2. The monoisotopic (exact) mass is 355 g/mol. The minimum atomic E-state index is -0.616. The van der Waals surface area contributed by atoms with Gasteiger partial charge in [-0.15, -0.1) is 0 Å². The second-order valence-corrected chi connectivity index (χ2v) is 5.60. The number of aliphatic hydroxyl groups excluding tert-OH is 1. The van der Waals surface area contributed by atoms with Crippen LogP contribution in [0.1, 0.15) is 0 Å². The first-order chi connectivity index (χ1) is 9.65. The van der Waals surface area contributed by atoms with E-state index in [2.05, 4.69) is 21.2 Å². The Labute approximate surface area is 131 Å². The summed E-state index contributed by atoms with van der Waals surface area (Å²) in [5, 5.41) is 13.6. The Morgan fingerprint density at radius 1 is 1.15 bits per heavy atom. The number of rotatable bonds is 6. The molecule has 0 radical (unpaired) electrons. The van der Waals surface area contributed by atoms with Gasteiger partial charge in [-0.2, -0.15) is 0 Å². The van der Waals surface area contributed by atoms with Crippen LogP contribution in [0.2, 0.25) is 5.02 Å². The van der Waals surface area contributed by atoms with Gasteiger partial charge in [0.25, 0.3) is 0 Å². The van der Waals surface area contributed by atoms with Crippen molar-refractivity contribution in [2.24, 2.45) is 0 Å². The number of halogens is 2. The van der Waals surface area contributed by atoms with Crippen LogP contribution >= 0.6 is 27.5 Å². The predicted molar refractivity (Wildman–Crippen MR) is 85.6 cm³/mol. The van der Waals surface area contributed by atoms with Crippen LogP contribution in [0.15, 0.2) is 53.0 Å². The van der Waals surface area contributed by atoms with Crippen LogP contribution in [0.25, 0.3) is 0 Å². The Hall–Kier alpha value is -1.23. The molecule has 0 saturated heterocycles. The van der Waals surface area contributed by atoms with E-state index in [-0.39, 0.29) is 6.61 Å². The van der Waals surface area contributed by atoms with E-state index in [0.29, 0.717) is 11.6 Å². The molecule has 5 heteroatoms. The highest BCUT2D eigenvalue weighted by atomic mass is 79.9. The number of para-hydroxylation sites is 1. The summed E-state index contributed by atoms with van der Waals surface area (Å²) in [5.74, 6) is 0.727. The summed E-state index contributed by atoms with van der Waals surface area (Å²) < 4.78 is 6.49. The number of hydrogen-bond donors (Lipinski definition) is 2. The lowest BCUT2D eigenvalue weighted by molar-refractivity contribution is 0.117. The number of hydrogen-bond acceptors (Lipinski definition) is 3. The van der Waals surface area contributed by atoms with E-state index >= 15 is 0 Å². The van der Waals surface area contributed by atoms with Gasteiger partial charge in [-0.3, -0.25) is 0 Å². The fraction of sp³-hybridized carbons (Fsp3) is 0.200. The van der Waals surface area contributed by atoms with Crippen molar-refractivity contribution in [2.45, 2.75) is 6.10 Å². The van der Waals surface area contributed by atoms with Gasteiger partial charge in [0.1, 0.15) is 18.5 Å². The third-order valence-electron chi connectivity index (χ3n) is 2.66. The van der Waals surface area contributed by atoms with Gasteiger partial charge in [-0.05, 0) is 36.4 Å². The molecule has 0 saturated carbocycles. The molecule has 0 aromatic heterocycles. The van der Waals surface area contributed by atoms with Crippen molar-refractivity contribution in [2.75, 3.05) is 18.5 Å². The molecule has 0 spiro atoms. The third kappa shape index (κ3) is 4.71. The fourth-order valence-electron chi connectivity index (χ4n) is 1.61. The maximum absolute atomic E-state index is 9.88. The van der Waals surface area contributed by atoms with Gasteiger partial charge in [0.2, 0.25) is 0 Å². The Balaban J connectivity index is 1.77. The molecular weight excluding hydrogens is 342 g/mol. The quantitative estimate of drug-likeness (QED) is 0.823. The molecular formula is C15H15BrClNO2. The van der Waals surface area contributed by atoms with Crippen LogP contribution in [-0.4, -0.2) is 24.4 Å². The van der Waals surface area contributed by atoms with Gasteiger partial charge in [-0.1, -0.05) is 39.7 Å². The minimum Gasteiger partial charge on any atom is -0.491 e. The molecule has 1 unspecified atom stereocenters. The average Bonchev–Trinajstić information content (AvgIpc) is 2.46. The van der Waals surface area contributed by atoms with Gasteiger partial charge >= 0.3 is 0 Å². The molecule has 0 aliphatic rings. The number of anilines is 1. The van der Waals surface area contributed by atoms with E-state index in [4.69, 9.17) is 16.3 Å². The molecule has 106 valence electrons. The summed E-state index contributed by atoms with van der Waals surface area (Å²) in [7, 11) is 0. The van der Waals surface area contributed by atoms with E-state index in [1.165, 1.54) is 0 Å². The number of nitrogens with one attached hydrogen (secondary N) is 1. The molecule has 0 aliphatic heterocycles. The largest absolute Gasteiger partial charge is 0.491 e. The van der Waals surface area contributed by atoms with Gasteiger partial charge < -0.3 is 15.2 Å². The number of aliphatic hydroxyl groups is 1. The third-order valence-corrected chi connectivity index (χ3v) is 3.52. The van der Waals surface area contributed by atoms with Crippen molar-refractivity contribution in [3.63, 3.8) is 0 Å². The zero-order valence-corrected chi connectivity index (χ0v) is 13.1. The summed E-state index contributed by atoms with van der Waals surface area (Å²) in [6.07, 6.45) is -0.616. The molecule has 2 aromatic carbocycles. The van der Waals surface area contributed by atoms with Crippen LogP contribution < -0.4 is 10.1 Å². The summed E-state index contributed by atoms with van der Waals surface area (Å²) in [6, 6.07) is 14.9. The highest BCUT2D eigenvalue weighted by molar-refractivity contribution is 9.10. The Morgan fingerprint density at radius 2 is 1.85 bits per heavy atom. The molecule has 1 atom stereocenters. The van der Waals surface area contributed by atoms with E-state index in [9.17, 15) is 5.11 Å². The molecule has 0 amide bonds. The van der Waals surface area contributed by atoms with Crippen LogP contribution in [0.3, 0.4) is 0 Å². The first-order valence-corrected chi connectivity index (χ1v) is 7.37. The minimum absolute atomic E-state index is 0.221. The van der Waals surface area contributed by atoms with Crippen LogP contribution in [0, 0.1) is 0 Å². The van der Waals surface area contributed by atoms with Gasteiger partial charge in [0.05, 0.1) is 10.7 Å². The lowest BCUT2D eigenvalue weighted by atomic mass is 10.3. The zero-order valence-electron chi connectivity index (χ0n) is 10.7.